The fraction of sp³-hybridized carbons (Fsp3) is 0.0769. The predicted octanol–water partition coefficient (Wildman–Crippen LogP) is 3.27. The van der Waals surface area contributed by atoms with E-state index in [0.29, 0.717) is 18.3 Å². The maximum absolute atomic E-state index is 13.1. The quantitative estimate of drug-likeness (QED) is 0.883. The van der Waals surface area contributed by atoms with E-state index in [0.717, 1.165) is 12.1 Å². The van der Waals surface area contributed by atoms with Crippen molar-refractivity contribution in [2.24, 2.45) is 5.73 Å². The highest BCUT2D eigenvalue weighted by Crippen LogP contribution is 2.33. The first-order valence-corrected chi connectivity index (χ1v) is 5.68. The molecule has 9 heteroatoms. The molecule has 0 aliphatic heterocycles. The molecule has 2 aromatic rings. The highest BCUT2D eigenvalue weighted by atomic mass is 19.4. The van der Waals surface area contributed by atoms with E-state index < -0.39 is 40.7 Å². The largest absolute Gasteiger partial charge is 0.455 e. The van der Waals surface area contributed by atoms with Gasteiger partial charge in [0.2, 0.25) is 0 Å². The summed E-state index contributed by atoms with van der Waals surface area (Å²) in [6, 6.07) is 2.80. The van der Waals surface area contributed by atoms with Crippen molar-refractivity contribution >= 4 is 5.91 Å². The van der Waals surface area contributed by atoms with Gasteiger partial charge in [0, 0.05) is 12.3 Å². The van der Waals surface area contributed by atoms with E-state index in [2.05, 4.69) is 4.98 Å². The van der Waals surface area contributed by atoms with Gasteiger partial charge in [-0.1, -0.05) is 0 Å². The minimum Gasteiger partial charge on any atom is -0.455 e. The van der Waals surface area contributed by atoms with Crippen LogP contribution in [-0.4, -0.2) is 10.9 Å². The van der Waals surface area contributed by atoms with Gasteiger partial charge in [-0.2, -0.15) is 13.2 Å². The number of nitrogens with zero attached hydrogens (tertiary/aromatic N) is 1. The van der Waals surface area contributed by atoms with E-state index in [1.807, 2.05) is 0 Å². The lowest BCUT2D eigenvalue weighted by Gasteiger charge is -2.12. The molecule has 0 atom stereocenters. The molecule has 1 aromatic carbocycles. The second-order valence-corrected chi connectivity index (χ2v) is 4.11. The molecule has 0 saturated heterocycles. The van der Waals surface area contributed by atoms with Crippen LogP contribution in [0.15, 0.2) is 30.5 Å². The fourth-order valence-corrected chi connectivity index (χ4v) is 1.53. The van der Waals surface area contributed by atoms with E-state index in [-0.39, 0.29) is 5.75 Å². The molecule has 0 aliphatic carbocycles. The molecule has 1 aromatic heterocycles. The Kier molecular flexibility index (Phi) is 3.98. The van der Waals surface area contributed by atoms with Crippen LogP contribution < -0.4 is 10.5 Å². The van der Waals surface area contributed by atoms with Crippen LogP contribution in [0.4, 0.5) is 22.0 Å². The zero-order valence-corrected chi connectivity index (χ0v) is 10.6. The molecule has 1 heterocycles. The number of ether oxygens (including phenoxy) is 1. The number of pyridine rings is 1. The van der Waals surface area contributed by atoms with Crippen LogP contribution in [0.2, 0.25) is 0 Å². The van der Waals surface area contributed by atoms with E-state index in [9.17, 15) is 26.7 Å². The van der Waals surface area contributed by atoms with E-state index >= 15 is 0 Å². The van der Waals surface area contributed by atoms with Crippen LogP contribution in [0.3, 0.4) is 0 Å². The Morgan fingerprint density at radius 3 is 2.36 bits per heavy atom. The molecule has 0 fully saturated rings. The Hall–Kier alpha value is -2.71. The van der Waals surface area contributed by atoms with Gasteiger partial charge in [-0.3, -0.25) is 4.79 Å². The van der Waals surface area contributed by atoms with Gasteiger partial charge in [-0.05, 0) is 18.2 Å². The van der Waals surface area contributed by atoms with Crippen molar-refractivity contribution in [1.29, 1.82) is 0 Å². The molecule has 116 valence electrons. The lowest BCUT2D eigenvalue weighted by molar-refractivity contribution is -0.137. The first-order valence-electron chi connectivity index (χ1n) is 5.68. The Balaban J connectivity index is 2.46. The average Bonchev–Trinajstić information content (AvgIpc) is 2.41. The van der Waals surface area contributed by atoms with Crippen molar-refractivity contribution in [3.63, 3.8) is 0 Å². The Morgan fingerprint density at radius 2 is 1.82 bits per heavy atom. The number of rotatable bonds is 3. The summed E-state index contributed by atoms with van der Waals surface area (Å²) < 4.78 is 68.7. The lowest BCUT2D eigenvalue weighted by Crippen LogP contribution is -2.16. The zero-order valence-electron chi connectivity index (χ0n) is 10.6. The SMILES string of the molecule is NC(=O)c1ncc(C(F)(F)F)cc1Oc1ccc(F)c(F)c1. The van der Waals surface area contributed by atoms with Gasteiger partial charge in [-0.15, -0.1) is 0 Å². The number of carbonyl (C=O) groups is 1. The number of aromatic nitrogens is 1. The molecule has 0 radical (unpaired) electrons. The summed E-state index contributed by atoms with van der Waals surface area (Å²) in [6.45, 7) is 0. The standard InChI is InChI=1S/C13H7F5N2O2/c14-8-2-1-7(4-9(8)15)22-10-3-6(13(16,17)18)5-20-11(10)12(19)21/h1-5H,(H2,19,21). The van der Waals surface area contributed by atoms with Crippen molar-refractivity contribution in [1.82, 2.24) is 4.98 Å². The molecule has 2 N–H and O–H groups in total. The molecular weight excluding hydrogens is 311 g/mol. The van der Waals surface area contributed by atoms with Gasteiger partial charge in [0.05, 0.1) is 5.56 Å². The van der Waals surface area contributed by atoms with Crippen LogP contribution in [0.25, 0.3) is 0 Å². The molecule has 0 spiro atoms. The zero-order chi connectivity index (χ0) is 16.5. The van der Waals surface area contributed by atoms with Crippen molar-refractivity contribution in [3.05, 3.63) is 53.4 Å². The molecule has 0 unspecified atom stereocenters. The minimum atomic E-state index is -4.73. The summed E-state index contributed by atoms with van der Waals surface area (Å²) in [5, 5.41) is 0. The third-order valence-electron chi connectivity index (χ3n) is 2.53. The minimum absolute atomic E-state index is 0.317. The second kappa shape index (κ2) is 5.58. The number of benzene rings is 1. The third kappa shape index (κ3) is 3.30. The van der Waals surface area contributed by atoms with Crippen LogP contribution >= 0.6 is 0 Å². The normalized spacial score (nSPS) is 11.3. The number of hydrogen-bond acceptors (Lipinski definition) is 3. The number of carbonyl (C=O) groups excluding carboxylic acids is 1. The van der Waals surface area contributed by atoms with Gasteiger partial charge >= 0.3 is 6.18 Å². The van der Waals surface area contributed by atoms with Crippen molar-refractivity contribution in [3.8, 4) is 11.5 Å². The van der Waals surface area contributed by atoms with Gasteiger partial charge in [-0.25, -0.2) is 13.8 Å². The van der Waals surface area contributed by atoms with Crippen LogP contribution in [-0.2, 0) is 6.18 Å². The van der Waals surface area contributed by atoms with Crippen molar-refractivity contribution < 1.29 is 31.5 Å². The summed E-state index contributed by atoms with van der Waals surface area (Å²) in [7, 11) is 0. The first kappa shape index (κ1) is 15.7. The number of nitrogens with two attached hydrogens (primary N) is 1. The second-order valence-electron chi connectivity index (χ2n) is 4.11. The van der Waals surface area contributed by atoms with Crippen LogP contribution in [0, 0.1) is 11.6 Å². The fourth-order valence-electron chi connectivity index (χ4n) is 1.53. The highest BCUT2D eigenvalue weighted by molar-refractivity contribution is 5.93. The number of alkyl halides is 3. The summed E-state index contributed by atoms with van der Waals surface area (Å²) in [5.74, 6) is -4.50. The molecule has 0 aliphatic rings. The summed E-state index contributed by atoms with van der Waals surface area (Å²) in [4.78, 5) is 14.5. The van der Waals surface area contributed by atoms with Gasteiger partial charge in [0.15, 0.2) is 23.1 Å². The monoisotopic (exact) mass is 318 g/mol. The van der Waals surface area contributed by atoms with E-state index in [1.165, 1.54) is 0 Å². The highest BCUT2D eigenvalue weighted by Gasteiger charge is 2.32. The van der Waals surface area contributed by atoms with Crippen molar-refractivity contribution in [2.75, 3.05) is 0 Å². The van der Waals surface area contributed by atoms with Crippen LogP contribution in [0.5, 0.6) is 11.5 Å². The molecular formula is C13H7F5N2O2. The number of halogens is 5. The number of hydrogen-bond donors (Lipinski definition) is 1. The van der Waals surface area contributed by atoms with E-state index in [1.54, 1.807) is 0 Å². The topological polar surface area (TPSA) is 65.2 Å². The predicted molar refractivity (Wildman–Crippen MR) is 64.2 cm³/mol. The summed E-state index contributed by atoms with van der Waals surface area (Å²) >= 11 is 0. The molecule has 1 amide bonds. The maximum atomic E-state index is 13.1. The van der Waals surface area contributed by atoms with Gasteiger partial charge in [0.25, 0.3) is 5.91 Å². The maximum Gasteiger partial charge on any atom is 0.418 e. The average molecular weight is 318 g/mol. The Labute approximate surface area is 120 Å². The number of amides is 1. The Bertz CT molecular complexity index is 731. The van der Waals surface area contributed by atoms with Crippen LogP contribution in [0.1, 0.15) is 16.1 Å². The first-order chi connectivity index (χ1) is 10.2. The number of primary amides is 1. The third-order valence-corrected chi connectivity index (χ3v) is 2.53. The molecule has 4 nitrogen and oxygen atoms in total. The van der Waals surface area contributed by atoms with Gasteiger partial charge in [0.1, 0.15) is 5.75 Å². The summed E-state index contributed by atoms with van der Waals surface area (Å²) in [5.41, 5.74) is 3.23. The van der Waals surface area contributed by atoms with E-state index in [4.69, 9.17) is 10.5 Å². The summed E-state index contributed by atoms with van der Waals surface area (Å²) in [6.07, 6.45) is -4.31. The molecule has 2 rings (SSSR count). The van der Waals surface area contributed by atoms with Gasteiger partial charge < -0.3 is 10.5 Å². The smallest absolute Gasteiger partial charge is 0.418 e. The van der Waals surface area contributed by atoms with Crippen molar-refractivity contribution in [2.45, 2.75) is 6.18 Å². The molecule has 0 bridgehead atoms. The Morgan fingerprint density at radius 1 is 1.14 bits per heavy atom. The molecule has 22 heavy (non-hydrogen) atoms. The lowest BCUT2D eigenvalue weighted by atomic mass is 10.2. The molecule has 0 saturated carbocycles.